The van der Waals surface area contributed by atoms with Crippen LogP contribution in [0.2, 0.25) is 0 Å². The number of aromatic nitrogens is 2. The Morgan fingerprint density at radius 3 is 2.93 bits per heavy atom. The predicted octanol–water partition coefficient (Wildman–Crippen LogP) is 0.419. The van der Waals surface area contributed by atoms with Gasteiger partial charge in [-0.15, -0.1) is 0 Å². The number of aliphatic hydroxyl groups is 1. The molecule has 1 N–H and O–H groups in total. The largest absolute Gasteiger partial charge is 0.389 e. The fourth-order valence-corrected chi connectivity index (χ4v) is 2.13. The highest BCUT2D eigenvalue weighted by molar-refractivity contribution is 4.93. The van der Waals surface area contributed by atoms with Gasteiger partial charge in [0.25, 0.3) is 0 Å². The molecule has 2 heterocycles. The van der Waals surface area contributed by atoms with Gasteiger partial charge in [0.15, 0.2) is 0 Å². The molecule has 1 aromatic heterocycles. The molecule has 1 aliphatic heterocycles. The molecule has 1 unspecified atom stereocenters. The van der Waals surface area contributed by atoms with Gasteiger partial charge < -0.3 is 9.67 Å². The van der Waals surface area contributed by atoms with E-state index in [1.54, 1.807) is 0 Å². The zero-order chi connectivity index (χ0) is 10.9. The van der Waals surface area contributed by atoms with E-state index in [1.165, 1.54) is 0 Å². The van der Waals surface area contributed by atoms with E-state index in [0.717, 1.165) is 38.3 Å². The van der Waals surface area contributed by atoms with E-state index in [9.17, 15) is 5.11 Å². The predicted molar refractivity (Wildman–Crippen MR) is 58.6 cm³/mol. The van der Waals surface area contributed by atoms with Crippen molar-refractivity contribution in [2.24, 2.45) is 7.05 Å². The number of nitrogens with zero attached hydrogens (tertiary/aromatic N) is 3. The molecular weight excluding hydrogens is 190 g/mol. The van der Waals surface area contributed by atoms with Gasteiger partial charge in [-0.3, -0.25) is 4.90 Å². The fraction of sp³-hybridized carbons (Fsp3) is 0.727. The molecule has 84 valence electrons. The number of hydrogen-bond acceptors (Lipinski definition) is 3. The summed E-state index contributed by atoms with van der Waals surface area (Å²) in [5.74, 6) is 1.11. The summed E-state index contributed by atoms with van der Waals surface area (Å²) in [5.41, 5.74) is -0.484. The minimum absolute atomic E-state index is 0.484. The Hall–Kier alpha value is -0.870. The lowest BCUT2D eigenvalue weighted by Crippen LogP contribution is -2.31. The van der Waals surface area contributed by atoms with E-state index in [2.05, 4.69) is 9.88 Å². The van der Waals surface area contributed by atoms with Crippen molar-refractivity contribution in [1.82, 2.24) is 14.5 Å². The maximum absolute atomic E-state index is 9.81. The van der Waals surface area contributed by atoms with Crippen molar-refractivity contribution < 1.29 is 5.11 Å². The first-order valence-corrected chi connectivity index (χ1v) is 5.48. The van der Waals surface area contributed by atoms with Crippen LogP contribution in [0.25, 0.3) is 0 Å². The standard InChI is InChI=1S/C11H19N3O/c1-11(15)4-7-14(9-11)6-3-10-12-5-8-13(10)2/h5,8,15H,3-4,6-7,9H2,1-2H3. The van der Waals surface area contributed by atoms with Crippen molar-refractivity contribution in [3.63, 3.8) is 0 Å². The zero-order valence-corrected chi connectivity index (χ0v) is 9.48. The maximum atomic E-state index is 9.81. The molecule has 1 aromatic rings. The van der Waals surface area contributed by atoms with E-state index in [0.29, 0.717) is 0 Å². The number of β-amino-alcohol motifs (C(OH)–C–C–N with tert-alkyl or cyclic N) is 1. The zero-order valence-electron chi connectivity index (χ0n) is 9.48. The SMILES string of the molecule is Cn1ccnc1CCN1CCC(C)(O)C1. The molecule has 0 aromatic carbocycles. The second-order valence-electron chi connectivity index (χ2n) is 4.73. The van der Waals surface area contributed by atoms with Crippen LogP contribution in [0.1, 0.15) is 19.2 Å². The van der Waals surface area contributed by atoms with Gasteiger partial charge in [-0.05, 0) is 13.3 Å². The van der Waals surface area contributed by atoms with Crippen LogP contribution in [-0.4, -0.2) is 44.8 Å². The summed E-state index contributed by atoms with van der Waals surface area (Å²) in [7, 11) is 2.02. The van der Waals surface area contributed by atoms with Gasteiger partial charge in [-0.2, -0.15) is 0 Å². The van der Waals surface area contributed by atoms with Crippen molar-refractivity contribution in [3.8, 4) is 0 Å². The Labute approximate surface area is 90.5 Å². The Morgan fingerprint density at radius 2 is 2.40 bits per heavy atom. The highest BCUT2D eigenvalue weighted by Crippen LogP contribution is 2.19. The summed E-state index contributed by atoms with van der Waals surface area (Å²) in [5, 5.41) is 9.81. The van der Waals surface area contributed by atoms with Gasteiger partial charge in [0.05, 0.1) is 5.60 Å². The molecule has 4 heteroatoms. The molecule has 2 rings (SSSR count). The van der Waals surface area contributed by atoms with Crippen molar-refractivity contribution in [1.29, 1.82) is 0 Å². The first kappa shape index (κ1) is 10.6. The first-order chi connectivity index (χ1) is 7.07. The Kier molecular flexibility index (Phi) is 2.80. The molecule has 1 aliphatic rings. The summed E-state index contributed by atoms with van der Waals surface area (Å²) in [6.45, 7) is 4.68. The van der Waals surface area contributed by atoms with Crippen LogP contribution in [0.4, 0.5) is 0 Å². The molecule has 0 saturated carbocycles. The van der Waals surface area contributed by atoms with Crippen LogP contribution in [0.5, 0.6) is 0 Å². The summed E-state index contributed by atoms with van der Waals surface area (Å²) < 4.78 is 2.05. The smallest absolute Gasteiger partial charge is 0.109 e. The fourth-order valence-electron chi connectivity index (χ4n) is 2.13. The molecule has 0 aliphatic carbocycles. The van der Waals surface area contributed by atoms with E-state index >= 15 is 0 Å². The molecule has 0 bridgehead atoms. The Balaban J connectivity index is 1.83. The first-order valence-electron chi connectivity index (χ1n) is 5.48. The van der Waals surface area contributed by atoms with Gasteiger partial charge in [0.2, 0.25) is 0 Å². The van der Waals surface area contributed by atoms with Crippen molar-refractivity contribution in [2.45, 2.75) is 25.4 Å². The third-order valence-electron chi connectivity index (χ3n) is 3.10. The van der Waals surface area contributed by atoms with Crippen molar-refractivity contribution in [3.05, 3.63) is 18.2 Å². The van der Waals surface area contributed by atoms with Crippen LogP contribution >= 0.6 is 0 Å². The van der Waals surface area contributed by atoms with Gasteiger partial charge in [-0.1, -0.05) is 0 Å². The second kappa shape index (κ2) is 3.94. The summed E-state index contributed by atoms with van der Waals surface area (Å²) >= 11 is 0. The molecule has 15 heavy (non-hydrogen) atoms. The molecule has 1 saturated heterocycles. The molecule has 0 radical (unpaired) electrons. The number of rotatable bonds is 3. The molecule has 0 spiro atoms. The maximum Gasteiger partial charge on any atom is 0.109 e. The monoisotopic (exact) mass is 209 g/mol. The summed E-state index contributed by atoms with van der Waals surface area (Å²) in [4.78, 5) is 6.59. The van der Waals surface area contributed by atoms with Crippen LogP contribution in [0, 0.1) is 0 Å². The highest BCUT2D eigenvalue weighted by Gasteiger charge is 2.30. The minimum atomic E-state index is -0.484. The normalized spacial score (nSPS) is 27.4. The molecular formula is C11H19N3O. The van der Waals surface area contributed by atoms with E-state index in [1.807, 2.05) is 30.9 Å². The van der Waals surface area contributed by atoms with Crippen molar-refractivity contribution in [2.75, 3.05) is 19.6 Å². The van der Waals surface area contributed by atoms with Gasteiger partial charge in [0, 0.05) is 45.5 Å². The van der Waals surface area contributed by atoms with Crippen LogP contribution in [-0.2, 0) is 13.5 Å². The second-order valence-corrected chi connectivity index (χ2v) is 4.73. The van der Waals surface area contributed by atoms with E-state index in [4.69, 9.17) is 0 Å². The molecule has 0 amide bonds. The van der Waals surface area contributed by atoms with Crippen LogP contribution in [0.15, 0.2) is 12.4 Å². The van der Waals surface area contributed by atoms with Gasteiger partial charge >= 0.3 is 0 Å². The molecule has 1 fully saturated rings. The summed E-state index contributed by atoms with van der Waals surface area (Å²) in [6, 6.07) is 0. The van der Waals surface area contributed by atoms with Crippen LogP contribution < -0.4 is 0 Å². The minimum Gasteiger partial charge on any atom is -0.389 e. The average Bonchev–Trinajstić information content (AvgIpc) is 2.69. The molecule has 4 nitrogen and oxygen atoms in total. The Morgan fingerprint density at radius 1 is 1.60 bits per heavy atom. The van der Waals surface area contributed by atoms with E-state index in [-0.39, 0.29) is 0 Å². The third-order valence-corrected chi connectivity index (χ3v) is 3.10. The number of hydrogen-bond donors (Lipinski definition) is 1. The van der Waals surface area contributed by atoms with Gasteiger partial charge in [-0.25, -0.2) is 4.98 Å². The quantitative estimate of drug-likeness (QED) is 0.784. The lowest BCUT2D eigenvalue weighted by Gasteiger charge is -2.18. The summed E-state index contributed by atoms with van der Waals surface area (Å²) in [6.07, 6.45) is 5.64. The van der Waals surface area contributed by atoms with Crippen molar-refractivity contribution >= 4 is 0 Å². The third kappa shape index (κ3) is 2.58. The average molecular weight is 209 g/mol. The lowest BCUT2D eigenvalue weighted by atomic mass is 10.1. The highest BCUT2D eigenvalue weighted by atomic mass is 16.3. The number of imidazole rings is 1. The van der Waals surface area contributed by atoms with Crippen LogP contribution in [0.3, 0.4) is 0 Å². The Bertz CT molecular complexity index is 332. The van der Waals surface area contributed by atoms with Gasteiger partial charge in [0.1, 0.15) is 5.82 Å². The lowest BCUT2D eigenvalue weighted by molar-refractivity contribution is 0.0689. The van der Waals surface area contributed by atoms with E-state index < -0.39 is 5.60 Å². The number of aryl methyl sites for hydroxylation is 1. The number of likely N-dealkylation sites (tertiary alicyclic amines) is 1. The molecule has 1 atom stereocenters. The topological polar surface area (TPSA) is 41.3 Å².